The van der Waals surface area contributed by atoms with E-state index in [1.54, 1.807) is 24.3 Å². The zero-order valence-corrected chi connectivity index (χ0v) is 20.1. The summed E-state index contributed by atoms with van der Waals surface area (Å²) in [5.41, 5.74) is 2.85. The van der Waals surface area contributed by atoms with E-state index in [4.69, 9.17) is 4.74 Å². The number of hydrogen-bond acceptors (Lipinski definition) is 4. The number of benzene rings is 4. The third-order valence-corrected chi connectivity index (χ3v) is 7.09. The Balaban J connectivity index is 1.53. The maximum absolute atomic E-state index is 13.5. The molecule has 4 aromatic rings. The summed E-state index contributed by atoms with van der Waals surface area (Å²) in [6.45, 7) is 2.06. The van der Waals surface area contributed by atoms with Gasteiger partial charge in [-0.15, -0.1) is 0 Å². The van der Waals surface area contributed by atoms with Crippen LogP contribution < -0.4 is 4.74 Å². The van der Waals surface area contributed by atoms with Gasteiger partial charge in [-0.1, -0.05) is 54.6 Å². The highest BCUT2D eigenvalue weighted by Gasteiger charge is 2.46. The number of hydrogen-bond donors (Lipinski definition) is 1. The lowest BCUT2D eigenvalue weighted by Gasteiger charge is -2.26. The minimum Gasteiger partial charge on any atom is -0.507 e. The van der Waals surface area contributed by atoms with Crippen molar-refractivity contribution < 1.29 is 23.8 Å². The van der Waals surface area contributed by atoms with Crippen molar-refractivity contribution in [2.75, 3.05) is 0 Å². The summed E-state index contributed by atoms with van der Waals surface area (Å²) < 4.78 is 19.3. The molecule has 1 saturated heterocycles. The Labute approximate surface area is 213 Å². The van der Waals surface area contributed by atoms with Gasteiger partial charge in [-0.3, -0.25) is 9.59 Å². The number of aliphatic hydroxyl groups is 1. The van der Waals surface area contributed by atoms with Crippen molar-refractivity contribution in [2.45, 2.75) is 32.0 Å². The SMILES string of the molecule is CC1Cc2cc(/C(O)=C3/C(=O)C(=O)N(Cc4ccc(F)cc4)C3c3cccc4ccccc34)ccc2O1. The highest BCUT2D eigenvalue weighted by molar-refractivity contribution is 6.46. The van der Waals surface area contributed by atoms with Crippen LogP contribution in [-0.2, 0) is 22.6 Å². The van der Waals surface area contributed by atoms with Crippen LogP contribution in [0.5, 0.6) is 5.75 Å². The molecule has 184 valence electrons. The van der Waals surface area contributed by atoms with Crippen LogP contribution in [0.2, 0.25) is 0 Å². The van der Waals surface area contributed by atoms with Crippen LogP contribution in [0.3, 0.4) is 0 Å². The maximum Gasteiger partial charge on any atom is 0.295 e. The molecule has 2 heterocycles. The molecule has 2 atom stereocenters. The van der Waals surface area contributed by atoms with Gasteiger partial charge in [-0.05, 0) is 64.7 Å². The number of ketones is 1. The smallest absolute Gasteiger partial charge is 0.295 e. The highest BCUT2D eigenvalue weighted by Crippen LogP contribution is 2.43. The molecule has 0 aliphatic carbocycles. The molecular weight excluding hydrogens is 469 g/mol. The Bertz CT molecular complexity index is 1590. The lowest BCUT2D eigenvalue weighted by atomic mass is 9.91. The van der Waals surface area contributed by atoms with Crippen molar-refractivity contribution in [3.05, 3.63) is 119 Å². The van der Waals surface area contributed by atoms with Crippen LogP contribution in [0.15, 0.2) is 90.5 Å². The number of rotatable bonds is 4. The van der Waals surface area contributed by atoms with Gasteiger partial charge in [-0.25, -0.2) is 4.39 Å². The first-order valence-corrected chi connectivity index (χ1v) is 12.2. The van der Waals surface area contributed by atoms with Gasteiger partial charge < -0.3 is 14.7 Å². The van der Waals surface area contributed by atoms with Crippen LogP contribution >= 0.6 is 0 Å². The number of aliphatic hydroxyl groups excluding tert-OH is 1. The van der Waals surface area contributed by atoms with E-state index in [1.807, 2.05) is 55.5 Å². The number of carbonyl (C=O) groups excluding carboxylic acids is 2. The van der Waals surface area contributed by atoms with E-state index in [-0.39, 0.29) is 29.8 Å². The zero-order valence-electron chi connectivity index (χ0n) is 20.1. The number of ether oxygens (including phenoxy) is 1. The van der Waals surface area contributed by atoms with Crippen LogP contribution in [0.4, 0.5) is 4.39 Å². The summed E-state index contributed by atoms with van der Waals surface area (Å²) in [5, 5.41) is 13.4. The van der Waals surface area contributed by atoms with Crippen molar-refractivity contribution in [1.29, 1.82) is 0 Å². The number of nitrogens with zero attached hydrogens (tertiary/aromatic N) is 1. The van der Waals surface area contributed by atoms with Crippen molar-refractivity contribution in [2.24, 2.45) is 0 Å². The maximum atomic E-state index is 13.5. The van der Waals surface area contributed by atoms with Gasteiger partial charge in [0.1, 0.15) is 23.4 Å². The van der Waals surface area contributed by atoms with Gasteiger partial charge in [-0.2, -0.15) is 0 Å². The first-order chi connectivity index (χ1) is 17.9. The summed E-state index contributed by atoms with van der Waals surface area (Å²) in [6, 6.07) is 23.8. The van der Waals surface area contributed by atoms with Gasteiger partial charge in [0.15, 0.2) is 0 Å². The number of fused-ring (bicyclic) bond motifs is 2. The molecule has 4 aromatic carbocycles. The van der Waals surface area contributed by atoms with Crippen LogP contribution in [-0.4, -0.2) is 27.8 Å². The molecule has 1 N–H and O–H groups in total. The topological polar surface area (TPSA) is 66.8 Å². The fourth-order valence-electron chi connectivity index (χ4n) is 5.37. The Hall–Kier alpha value is -4.45. The lowest BCUT2D eigenvalue weighted by Crippen LogP contribution is -2.29. The van der Waals surface area contributed by atoms with E-state index in [0.717, 1.165) is 27.6 Å². The van der Waals surface area contributed by atoms with Crippen molar-refractivity contribution in [1.82, 2.24) is 4.90 Å². The highest BCUT2D eigenvalue weighted by atomic mass is 19.1. The summed E-state index contributed by atoms with van der Waals surface area (Å²) in [6.07, 6.45) is 0.728. The first-order valence-electron chi connectivity index (χ1n) is 12.2. The van der Waals surface area contributed by atoms with E-state index >= 15 is 0 Å². The second kappa shape index (κ2) is 8.89. The number of halogens is 1. The summed E-state index contributed by atoms with van der Waals surface area (Å²) in [5.74, 6) is -1.30. The average molecular weight is 494 g/mol. The molecule has 5 nitrogen and oxygen atoms in total. The van der Waals surface area contributed by atoms with Crippen molar-refractivity contribution >= 4 is 28.2 Å². The zero-order chi connectivity index (χ0) is 25.7. The van der Waals surface area contributed by atoms with Crippen LogP contribution in [0, 0.1) is 5.82 Å². The molecule has 1 fully saturated rings. The molecule has 2 unspecified atom stereocenters. The molecule has 6 rings (SSSR count). The fourth-order valence-corrected chi connectivity index (χ4v) is 5.37. The Morgan fingerprint density at radius 2 is 1.76 bits per heavy atom. The number of carbonyl (C=O) groups is 2. The third-order valence-electron chi connectivity index (χ3n) is 7.09. The first kappa shape index (κ1) is 23.0. The van der Waals surface area contributed by atoms with E-state index in [2.05, 4.69) is 0 Å². The molecule has 2 aliphatic heterocycles. The number of amides is 1. The molecule has 37 heavy (non-hydrogen) atoms. The predicted octanol–water partition coefficient (Wildman–Crippen LogP) is 5.92. The van der Waals surface area contributed by atoms with E-state index in [0.29, 0.717) is 17.5 Å². The van der Waals surface area contributed by atoms with Crippen molar-refractivity contribution in [3.63, 3.8) is 0 Å². The standard InChI is InChI=1S/C31H24FNO4/c1-18-15-22-16-21(11-14-26(22)37-18)29(34)27-28(25-8-4-6-20-5-2-3-7-24(20)25)33(31(36)30(27)35)17-19-9-12-23(32)13-10-19/h2-14,16,18,28,34H,15,17H2,1H3/b29-27-. The second-order valence-electron chi connectivity index (χ2n) is 9.58. The molecule has 2 aliphatic rings. The third kappa shape index (κ3) is 3.95. The van der Waals surface area contributed by atoms with Crippen LogP contribution in [0.1, 0.15) is 35.2 Å². The summed E-state index contributed by atoms with van der Waals surface area (Å²) in [7, 11) is 0. The Kier molecular flexibility index (Phi) is 5.52. The molecule has 0 spiro atoms. The minimum atomic E-state index is -0.820. The summed E-state index contributed by atoms with van der Waals surface area (Å²) >= 11 is 0. The quantitative estimate of drug-likeness (QED) is 0.218. The molecule has 6 heteroatoms. The molecule has 0 bridgehead atoms. The second-order valence-corrected chi connectivity index (χ2v) is 9.58. The van der Waals surface area contributed by atoms with Gasteiger partial charge >= 0.3 is 0 Å². The lowest BCUT2D eigenvalue weighted by molar-refractivity contribution is -0.140. The molecule has 0 saturated carbocycles. The minimum absolute atomic E-state index is 0.0318. The number of likely N-dealkylation sites (tertiary alicyclic amines) is 1. The van der Waals surface area contributed by atoms with E-state index < -0.39 is 17.7 Å². The van der Waals surface area contributed by atoms with Gasteiger partial charge in [0.25, 0.3) is 11.7 Å². The van der Waals surface area contributed by atoms with Gasteiger partial charge in [0.05, 0.1) is 11.6 Å². The Morgan fingerprint density at radius 1 is 1.00 bits per heavy atom. The molecule has 0 radical (unpaired) electrons. The van der Waals surface area contributed by atoms with Gasteiger partial charge in [0, 0.05) is 18.5 Å². The summed E-state index contributed by atoms with van der Waals surface area (Å²) in [4.78, 5) is 28.4. The predicted molar refractivity (Wildman–Crippen MR) is 138 cm³/mol. The van der Waals surface area contributed by atoms with Gasteiger partial charge in [0.2, 0.25) is 0 Å². The monoisotopic (exact) mass is 493 g/mol. The molecular formula is C31H24FNO4. The van der Waals surface area contributed by atoms with E-state index in [9.17, 15) is 19.1 Å². The normalized spacial score (nSPS) is 20.3. The molecule has 1 amide bonds. The Morgan fingerprint density at radius 3 is 2.57 bits per heavy atom. The fraction of sp³-hybridized carbons (Fsp3) is 0.161. The largest absolute Gasteiger partial charge is 0.507 e. The van der Waals surface area contributed by atoms with Crippen LogP contribution in [0.25, 0.3) is 16.5 Å². The van der Waals surface area contributed by atoms with E-state index in [1.165, 1.54) is 17.0 Å². The number of Topliss-reactive ketones (excluding diaryl/α,β-unsaturated/α-hetero) is 1. The molecule has 0 aromatic heterocycles. The average Bonchev–Trinajstić information content (AvgIpc) is 3.40. The van der Waals surface area contributed by atoms with Crippen molar-refractivity contribution in [3.8, 4) is 5.75 Å².